The van der Waals surface area contributed by atoms with Gasteiger partial charge in [0.05, 0.1) is 7.11 Å². The molecule has 2 heteroatoms. The van der Waals surface area contributed by atoms with Crippen molar-refractivity contribution in [2.24, 2.45) is 0 Å². The van der Waals surface area contributed by atoms with Gasteiger partial charge < -0.3 is 4.74 Å². The number of carbonyl (C=O) groups excluding carboxylic acids is 1. The third-order valence-electron chi connectivity index (χ3n) is 1.89. The van der Waals surface area contributed by atoms with Crippen LogP contribution in [0.25, 0.3) is 0 Å². The van der Waals surface area contributed by atoms with Gasteiger partial charge in [-0.15, -0.1) is 0 Å². The molecule has 0 rings (SSSR count). The Kier molecular flexibility index (Phi) is 9.83. The number of methoxy groups -OCH3 is 1. The fourth-order valence-electron chi connectivity index (χ4n) is 1.05. The molecule has 0 aromatic heterocycles. The van der Waals surface area contributed by atoms with E-state index in [9.17, 15) is 4.79 Å². The first-order valence-corrected chi connectivity index (χ1v) is 5.32. The average molecular weight is 208 g/mol. The first-order valence-electron chi connectivity index (χ1n) is 5.32. The minimum absolute atomic E-state index is 0.119. The van der Waals surface area contributed by atoms with Gasteiger partial charge in [0, 0.05) is 6.42 Å². The molecule has 0 amide bonds. The molecule has 0 fully saturated rings. The SMILES string of the molecule is CC=CC=CC=CCCCCC(=O)OC. The van der Waals surface area contributed by atoms with Crippen LogP contribution in [0.4, 0.5) is 0 Å². The molecule has 2 nitrogen and oxygen atoms in total. The summed E-state index contributed by atoms with van der Waals surface area (Å²) in [5.41, 5.74) is 0. The van der Waals surface area contributed by atoms with E-state index in [-0.39, 0.29) is 5.97 Å². The molecule has 0 aliphatic heterocycles. The molecule has 0 unspecified atom stereocenters. The molecule has 0 aliphatic carbocycles. The quantitative estimate of drug-likeness (QED) is 0.364. The molecule has 0 aromatic carbocycles. The largest absolute Gasteiger partial charge is 0.469 e. The van der Waals surface area contributed by atoms with Gasteiger partial charge in [-0.25, -0.2) is 0 Å². The zero-order valence-corrected chi connectivity index (χ0v) is 9.61. The fourth-order valence-corrected chi connectivity index (χ4v) is 1.05. The molecular formula is C13H20O2. The van der Waals surface area contributed by atoms with Crippen LogP contribution in [-0.4, -0.2) is 13.1 Å². The van der Waals surface area contributed by atoms with Gasteiger partial charge in [0.1, 0.15) is 0 Å². The van der Waals surface area contributed by atoms with E-state index in [0.29, 0.717) is 6.42 Å². The van der Waals surface area contributed by atoms with Crippen molar-refractivity contribution >= 4 is 5.97 Å². The van der Waals surface area contributed by atoms with Crippen molar-refractivity contribution in [2.75, 3.05) is 7.11 Å². The van der Waals surface area contributed by atoms with Crippen LogP contribution in [0.5, 0.6) is 0 Å². The number of carbonyl (C=O) groups is 1. The van der Waals surface area contributed by atoms with E-state index >= 15 is 0 Å². The Morgan fingerprint density at radius 3 is 2.53 bits per heavy atom. The summed E-state index contributed by atoms with van der Waals surface area (Å²) in [5, 5.41) is 0. The van der Waals surface area contributed by atoms with Gasteiger partial charge in [-0.3, -0.25) is 4.79 Å². The van der Waals surface area contributed by atoms with Crippen molar-refractivity contribution in [1.29, 1.82) is 0 Å². The summed E-state index contributed by atoms with van der Waals surface area (Å²) >= 11 is 0. The smallest absolute Gasteiger partial charge is 0.305 e. The molecular weight excluding hydrogens is 188 g/mol. The zero-order valence-electron chi connectivity index (χ0n) is 9.61. The lowest BCUT2D eigenvalue weighted by Gasteiger charge is -1.96. The number of rotatable bonds is 7. The Bertz CT molecular complexity index is 237. The summed E-state index contributed by atoms with van der Waals surface area (Å²) < 4.78 is 4.55. The lowest BCUT2D eigenvalue weighted by Crippen LogP contribution is -1.98. The first-order chi connectivity index (χ1) is 7.31. The number of unbranched alkanes of at least 4 members (excludes halogenated alkanes) is 2. The second kappa shape index (κ2) is 10.8. The highest BCUT2D eigenvalue weighted by Gasteiger charge is 1.97. The molecule has 0 heterocycles. The van der Waals surface area contributed by atoms with Crippen LogP contribution in [0, 0.1) is 0 Å². The van der Waals surface area contributed by atoms with Gasteiger partial charge >= 0.3 is 5.97 Å². The average Bonchev–Trinajstić information content (AvgIpc) is 2.26. The normalized spacial score (nSPS) is 11.9. The van der Waals surface area contributed by atoms with E-state index in [0.717, 1.165) is 19.3 Å². The molecule has 0 N–H and O–H groups in total. The van der Waals surface area contributed by atoms with E-state index in [4.69, 9.17) is 0 Å². The van der Waals surface area contributed by atoms with Gasteiger partial charge in [-0.1, -0.05) is 36.5 Å². The highest BCUT2D eigenvalue weighted by Crippen LogP contribution is 2.01. The summed E-state index contributed by atoms with van der Waals surface area (Å²) in [5.74, 6) is -0.119. The van der Waals surface area contributed by atoms with Crippen LogP contribution in [-0.2, 0) is 9.53 Å². The van der Waals surface area contributed by atoms with Gasteiger partial charge in [0.25, 0.3) is 0 Å². The number of esters is 1. The van der Waals surface area contributed by atoms with Crippen molar-refractivity contribution in [3.63, 3.8) is 0 Å². The second-order valence-corrected chi connectivity index (χ2v) is 3.16. The maximum atomic E-state index is 10.8. The lowest BCUT2D eigenvalue weighted by atomic mass is 10.2. The Morgan fingerprint density at radius 2 is 1.87 bits per heavy atom. The third kappa shape index (κ3) is 10.6. The Balaban J connectivity index is 3.34. The topological polar surface area (TPSA) is 26.3 Å². The molecule has 0 aromatic rings. The summed E-state index contributed by atoms with van der Waals surface area (Å²) in [4.78, 5) is 10.8. The van der Waals surface area contributed by atoms with Gasteiger partial charge in [0.2, 0.25) is 0 Å². The minimum Gasteiger partial charge on any atom is -0.469 e. The van der Waals surface area contributed by atoms with Crippen LogP contribution >= 0.6 is 0 Å². The molecule has 0 atom stereocenters. The Labute approximate surface area is 92.3 Å². The molecule has 0 saturated heterocycles. The van der Waals surface area contributed by atoms with E-state index in [1.807, 2.05) is 37.3 Å². The number of allylic oxidation sites excluding steroid dienone is 6. The zero-order chi connectivity index (χ0) is 11.4. The van der Waals surface area contributed by atoms with Crippen LogP contribution < -0.4 is 0 Å². The van der Waals surface area contributed by atoms with Crippen molar-refractivity contribution in [2.45, 2.75) is 32.6 Å². The Hall–Kier alpha value is -1.31. The maximum absolute atomic E-state index is 10.8. The standard InChI is InChI=1S/C13H20O2/c1-3-4-5-6-7-8-9-10-11-12-13(14)15-2/h3-8H,9-12H2,1-2H3. The van der Waals surface area contributed by atoms with E-state index in [2.05, 4.69) is 10.8 Å². The summed E-state index contributed by atoms with van der Waals surface area (Å²) in [6.07, 6.45) is 15.6. The van der Waals surface area contributed by atoms with Crippen molar-refractivity contribution in [3.8, 4) is 0 Å². The highest BCUT2D eigenvalue weighted by molar-refractivity contribution is 5.68. The van der Waals surface area contributed by atoms with E-state index in [1.165, 1.54) is 7.11 Å². The maximum Gasteiger partial charge on any atom is 0.305 e. The van der Waals surface area contributed by atoms with Crippen molar-refractivity contribution in [3.05, 3.63) is 36.5 Å². The van der Waals surface area contributed by atoms with Crippen LogP contribution in [0.15, 0.2) is 36.5 Å². The molecule has 0 aliphatic rings. The highest BCUT2D eigenvalue weighted by atomic mass is 16.5. The van der Waals surface area contributed by atoms with E-state index < -0.39 is 0 Å². The predicted molar refractivity (Wildman–Crippen MR) is 63.6 cm³/mol. The van der Waals surface area contributed by atoms with Gasteiger partial charge in [-0.05, 0) is 26.2 Å². The monoisotopic (exact) mass is 208 g/mol. The van der Waals surface area contributed by atoms with Crippen LogP contribution in [0.1, 0.15) is 32.6 Å². The number of hydrogen-bond acceptors (Lipinski definition) is 2. The number of hydrogen-bond donors (Lipinski definition) is 0. The molecule has 0 bridgehead atoms. The van der Waals surface area contributed by atoms with Gasteiger partial charge in [-0.2, -0.15) is 0 Å². The van der Waals surface area contributed by atoms with Crippen LogP contribution in [0.3, 0.4) is 0 Å². The van der Waals surface area contributed by atoms with Crippen LogP contribution in [0.2, 0.25) is 0 Å². The molecule has 0 radical (unpaired) electrons. The van der Waals surface area contributed by atoms with E-state index in [1.54, 1.807) is 0 Å². The summed E-state index contributed by atoms with van der Waals surface area (Å²) in [6.45, 7) is 1.99. The molecule has 15 heavy (non-hydrogen) atoms. The second-order valence-electron chi connectivity index (χ2n) is 3.16. The minimum atomic E-state index is -0.119. The molecule has 0 spiro atoms. The van der Waals surface area contributed by atoms with Gasteiger partial charge in [0.15, 0.2) is 0 Å². The van der Waals surface area contributed by atoms with Crippen molar-refractivity contribution < 1.29 is 9.53 Å². The Morgan fingerprint density at radius 1 is 1.13 bits per heavy atom. The summed E-state index contributed by atoms with van der Waals surface area (Å²) in [7, 11) is 1.42. The first kappa shape index (κ1) is 13.7. The summed E-state index contributed by atoms with van der Waals surface area (Å²) in [6, 6.07) is 0. The molecule has 84 valence electrons. The number of ether oxygens (including phenoxy) is 1. The fraction of sp³-hybridized carbons (Fsp3) is 0.462. The third-order valence-corrected chi connectivity index (χ3v) is 1.89. The van der Waals surface area contributed by atoms with Crippen molar-refractivity contribution in [1.82, 2.24) is 0 Å². The predicted octanol–water partition coefficient (Wildman–Crippen LogP) is 3.41. The molecule has 0 saturated carbocycles. The lowest BCUT2D eigenvalue weighted by molar-refractivity contribution is -0.140.